The standard InChI is InChI=1S/C17H15F5O2/c18-13-7-5-12(6-8-13)15(23)9-4-11-2-1-3-14(10-11)24-17(21,22)16(19)20/h1-3,5-8,10,15-16,23H,4,9H2. The van der Waals surface area contributed by atoms with Crippen molar-refractivity contribution in [1.82, 2.24) is 0 Å². The first kappa shape index (κ1) is 18.2. The van der Waals surface area contributed by atoms with Crippen LogP contribution in [-0.4, -0.2) is 17.6 Å². The third-order valence-electron chi connectivity index (χ3n) is 3.37. The summed E-state index contributed by atoms with van der Waals surface area (Å²) in [6.07, 6.45) is -8.80. The van der Waals surface area contributed by atoms with Crippen LogP contribution in [0.3, 0.4) is 0 Å². The van der Waals surface area contributed by atoms with Crippen LogP contribution in [0.15, 0.2) is 48.5 Å². The molecule has 0 fully saturated rings. The Morgan fingerprint density at radius 2 is 1.71 bits per heavy atom. The second-order valence-corrected chi connectivity index (χ2v) is 5.22. The van der Waals surface area contributed by atoms with Crippen molar-refractivity contribution in [3.63, 3.8) is 0 Å². The summed E-state index contributed by atoms with van der Waals surface area (Å²) >= 11 is 0. The minimum atomic E-state index is -4.56. The molecule has 130 valence electrons. The first-order valence-electron chi connectivity index (χ1n) is 7.15. The van der Waals surface area contributed by atoms with Crippen LogP contribution >= 0.6 is 0 Å². The van der Waals surface area contributed by atoms with Crippen LogP contribution in [0.2, 0.25) is 0 Å². The zero-order chi connectivity index (χ0) is 17.7. The highest BCUT2D eigenvalue weighted by Crippen LogP contribution is 2.28. The van der Waals surface area contributed by atoms with Crippen molar-refractivity contribution in [2.45, 2.75) is 31.5 Å². The van der Waals surface area contributed by atoms with E-state index in [9.17, 15) is 27.1 Å². The minimum absolute atomic E-state index is 0.250. The van der Waals surface area contributed by atoms with E-state index in [2.05, 4.69) is 4.74 Å². The summed E-state index contributed by atoms with van der Waals surface area (Å²) in [4.78, 5) is 0. The predicted octanol–water partition coefficient (Wildman–Crippen LogP) is 4.73. The molecule has 0 radical (unpaired) electrons. The Morgan fingerprint density at radius 3 is 2.33 bits per heavy atom. The Morgan fingerprint density at radius 1 is 1.04 bits per heavy atom. The summed E-state index contributed by atoms with van der Waals surface area (Å²) in [5.41, 5.74) is 1.06. The zero-order valence-electron chi connectivity index (χ0n) is 12.4. The summed E-state index contributed by atoms with van der Waals surface area (Å²) in [7, 11) is 0. The molecule has 2 aromatic rings. The number of ether oxygens (including phenoxy) is 1. The lowest BCUT2D eigenvalue weighted by Crippen LogP contribution is -2.33. The first-order chi connectivity index (χ1) is 11.3. The molecule has 0 aliphatic heterocycles. The van der Waals surface area contributed by atoms with Crippen molar-refractivity contribution in [2.24, 2.45) is 0 Å². The molecular weight excluding hydrogens is 331 g/mol. The first-order valence-corrected chi connectivity index (χ1v) is 7.15. The Hall–Kier alpha value is -2.15. The van der Waals surface area contributed by atoms with Gasteiger partial charge in [0.25, 0.3) is 0 Å². The molecule has 0 bridgehead atoms. The molecule has 0 spiro atoms. The third kappa shape index (κ3) is 4.92. The van der Waals surface area contributed by atoms with Crippen LogP contribution in [0.1, 0.15) is 23.7 Å². The van der Waals surface area contributed by atoms with Gasteiger partial charge in [0.2, 0.25) is 0 Å². The highest BCUT2D eigenvalue weighted by molar-refractivity contribution is 5.29. The maximum atomic E-state index is 12.9. The molecule has 2 aromatic carbocycles. The van der Waals surface area contributed by atoms with Gasteiger partial charge in [0, 0.05) is 0 Å². The SMILES string of the molecule is OC(CCc1cccc(OC(F)(F)C(F)F)c1)c1ccc(F)cc1. The van der Waals surface area contributed by atoms with E-state index < -0.39 is 24.5 Å². The van der Waals surface area contributed by atoms with E-state index in [-0.39, 0.29) is 12.2 Å². The molecule has 1 atom stereocenters. The van der Waals surface area contributed by atoms with E-state index in [0.717, 1.165) is 6.07 Å². The van der Waals surface area contributed by atoms with Gasteiger partial charge in [-0.05, 0) is 48.2 Å². The molecule has 2 rings (SSSR count). The lowest BCUT2D eigenvalue weighted by atomic mass is 10.0. The van der Waals surface area contributed by atoms with Crippen molar-refractivity contribution in [2.75, 3.05) is 0 Å². The molecule has 0 aliphatic rings. The van der Waals surface area contributed by atoms with E-state index in [0.29, 0.717) is 17.5 Å². The summed E-state index contributed by atoms with van der Waals surface area (Å²) in [6.45, 7) is 0. The summed E-state index contributed by atoms with van der Waals surface area (Å²) < 4.78 is 66.9. The second kappa shape index (κ2) is 7.61. The van der Waals surface area contributed by atoms with Crippen molar-refractivity contribution in [1.29, 1.82) is 0 Å². The molecule has 0 amide bonds. The van der Waals surface area contributed by atoms with Gasteiger partial charge < -0.3 is 9.84 Å². The fourth-order valence-electron chi connectivity index (χ4n) is 2.12. The fraction of sp³-hybridized carbons (Fsp3) is 0.294. The second-order valence-electron chi connectivity index (χ2n) is 5.22. The third-order valence-corrected chi connectivity index (χ3v) is 3.37. The van der Waals surface area contributed by atoms with Crippen LogP contribution in [0, 0.1) is 5.82 Å². The number of aliphatic hydroxyl groups excluding tert-OH is 1. The molecule has 1 unspecified atom stereocenters. The molecule has 1 N–H and O–H groups in total. The monoisotopic (exact) mass is 346 g/mol. The maximum absolute atomic E-state index is 12.9. The minimum Gasteiger partial charge on any atom is -0.428 e. The molecular formula is C17H15F5O2. The number of aryl methyl sites for hydroxylation is 1. The van der Waals surface area contributed by atoms with Crippen LogP contribution < -0.4 is 4.74 Å². The lowest BCUT2D eigenvalue weighted by molar-refractivity contribution is -0.253. The number of alkyl halides is 4. The quantitative estimate of drug-likeness (QED) is 0.735. The maximum Gasteiger partial charge on any atom is 0.461 e. The molecule has 24 heavy (non-hydrogen) atoms. The predicted molar refractivity (Wildman–Crippen MR) is 77.7 cm³/mol. The highest BCUT2D eigenvalue weighted by atomic mass is 19.3. The number of hydrogen-bond acceptors (Lipinski definition) is 2. The van der Waals surface area contributed by atoms with Crippen LogP contribution in [0.5, 0.6) is 5.75 Å². The van der Waals surface area contributed by atoms with Crippen molar-refractivity contribution in [3.8, 4) is 5.75 Å². The van der Waals surface area contributed by atoms with E-state index in [1.165, 1.54) is 36.4 Å². The van der Waals surface area contributed by atoms with Crippen LogP contribution in [0.4, 0.5) is 22.0 Å². The average molecular weight is 346 g/mol. The Bertz CT molecular complexity index is 658. The molecule has 0 aliphatic carbocycles. The lowest BCUT2D eigenvalue weighted by Gasteiger charge is -2.17. The van der Waals surface area contributed by atoms with Gasteiger partial charge in [0.1, 0.15) is 11.6 Å². The van der Waals surface area contributed by atoms with Crippen LogP contribution in [-0.2, 0) is 6.42 Å². The Kier molecular flexibility index (Phi) is 5.77. The normalized spacial score (nSPS) is 13.1. The number of aliphatic hydroxyl groups is 1. The summed E-state index contributed by atoms with van der Waals surface area (Å²) in [5.74, 6) is -0.801. The van der Waals surface area contributed by atoms with Gasteiger partial charge in [0.05, 0.1) is 6.10 Å². The molecule has 7 heteroatoms. The number of rotatable bonds is 7. The van der Waals surface area contributed by atoms with Gasteiger partial charge in [-0.15, -0.1) is 0 Å². The largest absolute Gasteiger partial charge is 0.461 e. The Balaban J connectivity index is 1.98. The van der Waals surface area contributed by atoms with Gasteiger partial charge in [-0.3, -0.25) is 0 Å². The van der Waals surface area contributed by atoms with Crippen molar-refractivity contribution in [3.05, 3.63) is 65.5 Å². The molecule has 0 saturated heterocycles. The number of hydrogen-bond donors (Lipinski definition) is 1. The van der Waals surface area contributed by atoms with E-state index in [1.807, 2.05) is 0 Å². The topological polar surface area (TPSA) is 29.5 Å². The van der Waals surface area contributed by atoms with Gasteiger partial charge >= 0.3 is 12.5 Å². The van der Waals surface area contributed by atoms with Crippen LogP contribution in [0.25, 0.3) is 0 Å². The Labute approximate surface area is 135 Å². The smallest absolute Gasteiger partial charge is 0.428 e. The van der Waals surface area contributed by atoms with E-state index >= 15 is 0 Å². The molecule has 0 saturated carbocycles. The summed E-state index contributed by atoms with van der Waals surface area (Å²) in [5, 5.41) is 10.0. The number of benzene rings is 2. The van der Waals surface area contributed by atoms with E-state index in [4.69, 9.17) is 0 Å². The fourth-order valence-corrected chi connectivity index (χ4v) is 2.12. The van der Waals surface area contributed by atoms with Gasteiger partial charge in [-0.25, -0.2) is 4.39 Å². The van der Waals surface area contributed by atoms with Gasteiger partial charge in [-0.1, -0.05) is 24.3 Å². The number of halogens is 5. The van der Waals surface area contributed by atoms with Crippen molar-refractivity contribution < 1.29 is 31.8 Å². The zero-order valence-corrected chi connectivity index (χ0v) is 12.4. The highest BCUT2D eigenvalue weighted by Gasteiger charge is 2.43. The summed E-state index contributed by atoms with van der Waals surface area (Å²) in [6, 6.07) is 10.7. The molecule has 2 nitrogen and oxygen atoms in total. The molecule has 0 aromatic heterocycles. The van der Waals surface area contributed by atoms with Gasteiger partial charge in [-0.2, -0.15) is 17.6 Å². The van der Waals surface area contributed by atoms with Gasteiger partial charge in [0.15, 0.2) is 0 Å². The van der Waals surface area contributed by atoms with Crippen molar-refractivity contribution >= 4 is 0 Å². The van der Waals surface area contributed by atoms with E-state index in [1.54, 1.807) is 6.07 Å². The molecule has 0 heterocycles. The average Bonchev–Trinajstić information content (AvgIpc) is 2.53.